The zero-order valence-corrected chi connectivity index (χ0v) is 11.1. The Morgan fingerprint density at radius 3 is 2.58 bits per heavy atom. The second kappa shape index (κ2) is 4.23. The normalized spacial score (nSPS) is 13.6. The minimum Gasteiger partial charge on any atom is -0.507 e. The molecule has 0 spiro atoms. The van der Waals surface area contributed by atoms with Crippen molar-refractivity contribution in [3.05, 3.63) is 44.9 Å². The quantitative estimate of drug-likeness (QED) is 0.822. The van der Waals surface area contributed by atoms with Gasteiger partial charge in [0, 0.05) is 11.1 Å². The molecule has 2 aromatic rings. The number of aromatic amines is 1. The van der Waals surface area contributed by atoms with Gasteiger partial charge in [0.05, 0.1) is 5.69 Å². The number of rotatable bonds is 1. The fourth-order valence-electron chi connectivity index (χ4n) is 2.67. The van der Waals surface area contributed by atoms with Gasteiger partial charge in [0.1, 0.15) is 11.6 Å². The molecule has 1 aliphatic carbocycles. The molecule has 0 aliphatic heterocycles. The van der Waals surface area contributed by atoms with Crippen molar-refractivity contribution in [2.24, 2.45) is 0 Å². The Morgan fingerprint density at radius 1 is 1.21 bits per heavy atom. The van der Waals surface area contributed by atoms with E-state index in [-0.39, 0.29) is 5.56 Å². The summed E-state index contributed by atoms with van der Waals surface area (Å²) in [5, 5.41) is 9.79. The largest absolute Gasteiger partial charge is 0.507 e. The van der Waals surface area contributed by atoms with Crippen LogP contribution in [0.25, 0.3) is 11.4 Å². The van der Waals surface area contributed by atoms with Crippen molar-refractivity contribution >= 4 is 0 Å². The third-order valence-electron chi connectivity index (χ3n) is 3.71. The van der Waals surface area contributed by atoms with Gasteiger partial charge in [-0.3, -0.25) is 4.79 Å². The highest BCUT2D eigenvalue weighted by Crippen LogP contribution is 2.28. The van der Waals surface area contributed by atoms with Gasteiger partial charge >= 0.3 is 0 Å². The Labute approximate surface area is 111 Å². The number of hydrogen-bond donors (Lipinski definition) is 2. The van der Waals surface area contributed by atoms with Crippen molar-refractivity contribution in [3.63, 3.8) is 0 Å². The Bertz CT molecular complexity index is 694. The molecule has 0 saturated heterocycles. The lowest BCUT2D eigenvalue weighted by molar-refractivity contribution is 0.467. The molecule has 98 valence electrons. The SMILES string of the molecule is Cc1cc(-c2nc3c(c(=O)[nH]2)CCC3)cc(C)c1O. The molecule has 1 aromatic carbocycles. The smallest absolute Gasteiger partial charge is 0.254 e. The molecule has 0 fully saturated rings. The lowest BCUT2D eigenvalue weighted by atomic mass is 10.1. The first-order chi connectivity index (χ1) is 9.06. The van der Waals surface area contributed by atoms with Gasteiger partial charge in [0.25, 0.3) is 5.56 Å². The highest BCUT2D eigenvalue weighted by Gasteiger charge is 2.18. The maximum absolute atomic E-state index is 12.0. The van der Waals surface area contributed by atoms with E-state index < -0.39 is 0 Å². The number of phenolic OH excluding ortho intramolecular Hbond substituents is 1. The minimum absolute atomic E-state index is 0.0270. The minimum atomic E-state index is -0.0270. The zero-order chi connectivity index (χ0) is 13.6. The van der Waals surface area contributed by atoms with Gasteiger partial charge in [-0.1, -0.05) is 0 Å². The van der Waals surface area contributed by atoms with E-state index in [1.165, 1.54) is 0 Å². The van der Waals surface area contributed by atoms with Crippen LogP contribution in [0.15, 0.2) is 16.9 Å². The van der Waals surface area contributed by atoms with Crippen LogP contribution >= 0.6 is 0 Å². The number of phenols is 1. The third kappa shape index (κ3) is 1.93. The van der Waals surface area contributed by atoms with Crippen molar-refractivity contribution in [1.29, 1.82) is 0 Å². The van der Waals surface area contributed by atoms with Crippen LogP contribution in [-0.2, 0) is 12.8 Å². The molecular weight excluding hydrogens is 240 g/mol. The number of aromatic hydroxyl groups is 1. The number of aryl methyl sites for hydroxylation is 3. The van der Waals surface area contributed by atoms with E-state index >= 15 is 0 Å². The molecule has 1 aromatic heterocycles. The van der Waals surface area contributed by atoms with Gasteiger partial charge in [-0.15, -0.1) is 0 Å². The van der Waals surface area contributed by atoms with E-state index in [1.807, 2.05) is 26.0 Å². The van der Waals surface area contributed by atoms with Gasteiger partial charge < -0.3 is 10.1 Å². The first-order valence-electron chi connectivity index (χ1n) is 6.49. The van der Waals surface area contributed by atoms with Crippen LogP contribution in [0.1, 0.15) is 28.8 Å². The molecule has 1 aliphatic rings. The molecular formula is C15H16N2O2. The number of hydrogen-bond acceptors (Lipinski definition) is 3. The first-order valence-corrected chi connectivity index (χ1v) is 6.49. The van der Waals surface area contributed by atoms with Crippen molar-refractivity contribution in [1.82, 2.24) is 9.97 Å². The summed E-state index contributed by atoms with van der Waals surface area (Å²) in [7, 11) is 0. The summed E-state index contributed by atoms with van der Waals surface area (Å²) in [4.78, 5) is 19.4. The Hall–Kier alpha value is -2.10. The van der Waals surface area contributed by atoms with Gasteiger partial charge in [-0.25, -0.2) is 4.98 Å². The summed E-state index contributed by atoms with van der Waals surface area (Å²) >= 11 is 0. The van der Waals surface area contributed by atoms with E-state index in [9.17, 15) is 9.90 Å². The lowest BCUT2D eigenvalue weighted by Crippen LogP contribution is -2.15. The predicted octanol–water partition coefficient (Wildman–Crippen LogP) is 2.25. The van der Waals surface area contributed by atoms with Gasteiger partial charge in [0.2, 0.25) is 0 Å². The molecule has 1 heterocycles. The summed E-state index contributed by atoms with van der Waals surface area (Å²) < 4.78 is 0. The summed E-state index contributed by atoms with van der Waals surface area (Å²) in [6.45, 7) is 3.69. The van der Waals surface area contributed by atoms with E-state index in [0.29, 0.717) is 11.6 Å². The summed E-state index contributed by atoms with van der Waals surface area (Å²) in [5.41, 5.74) is 4.15. The Morgan fingerprint density at radius 2 is 1.89 bits per heavy atom. The van der Waals surface area contributed by atoms with Gasteiger partial charge in [0.15, 0.2) is 0 Å². The van der Waals surface area contributed by atoms with Crippen molar-refractivity contribution in [2.45, 2.75) is 33.1 Å². The lowest BCUT2D eigenvalue weighted by Gasteiger charge is -2.08. The van der Waals surface area contributed by atoms with Crippen LogP contribution in [0, 0.1) is 13.8 Å². The van der Waals surface area contributed by atoms with Crippen molar-refractivity contribution in [2.75, 3.05) is 0 Å². The van der Waals surface area contributed by atoms with Gasteiger partial charge in [-0.05, 0) is 56.4 Å². The highest BCUT2D eigenvalue weighted by molar-refractivity contribution is 5.61. The topological polar surface area (TPSA) is 66.0 Å². The fraction of sp³-hybridized carbons (Fsp3) is 0.333. The summed E-state index contributed by atoms with van der Waals surface area (Å²) in [6, 6.07) is 3.70. The van der Waals surface area contributed by atoms with Gasteiger partial charge in [-0.2, -0.15) is 0 Å². The van der Waals surface area contributed by atoms with Crippen LogP contribution in [-0.4, -0.2) is 15.1 Å². The third-order valence-corrected chi connectivity index (χ3v) is 3.71. The molecule has 0 atom stereocenters. The molecule has 0 saturated carbocycles. The molecule has 0 bridgehead atoms. The Kier molecular flexibility index (Phi) is 2.66. The standard InChI is InChI=1S/C15H16N2O2/c1-8-6-10(7-9(2)13(8)18)14-16-12-5-3-4-11(12)15(19)17-14/h6-7,18H,3-5H2,1-2H3,(H,16,17,19). The molecule has 0 radical (unpaired) electrons. The molecule has 4 nitrogen and oxygen atoms in total. The zero-order valence-electron chi connectivity index (χ0n) is 11.1. The number of nitrogens with zero attached hydrogens (tertiary/aromatic N) is 1. The van der Waals surface area contributed by atoms with E-state index in [0.717, 1.165) is 47.2 Å². The van der Waals surface area contributed by atoms with Crippen LogP contribution < -0.4 is 5.56 Å². The van der Waals surface area contributed by atoms with Crippen molar-refractivity contribution < 1.29 is 5.11 Å². The maximum atomic E-state index is 12.0. The van der Waals surface area contributed by atoms with Crippen LogP contribution in [0.5, 0.6) is 5.75 Å². The Balaban J connectivity index is 2.18. The van der Waals surface area contributed by atoms with E-state index in [1.54, 1.807) is 0 Å². The average molecular weight is 256 g/mol. The summed E-state index contributed by atoms with van der Waals surface area (Å²) in [5.74, 6) is 0.893. The number of fused-ring (bicyclic) bond motifs is 1. The highest BCUT2D eigenvalue weighted by atomic mass is 16.3. The van der Waals surface area contributed by atoms with E-state index in [4.69, 9.17) is 0 Å². The van der Waals surface area contributed by atoms with E-state index in [2.05, 4.69) is 9.97 Å². The molecule has 19 heavy (non-hydrogen) atoms. The average Bonchev–Trinajstić information content (AvgIpc) is 2.84. The fourth-order valence-corrected chi connectivity index (χ4v) is 2.67. The monoisotopic (exact) mass is 256 g/mol. The number of benzene rings is 1. The van der Waals surface area contributed by atoms with Crippen LogP contribution in [0.2, 0.25) is 0 Å². The molecule has 2 N–H and O–H groups in total. The predicted molar refractivity (Wildman–Crippen MR) is 73.5 cm³/mol. The molecule has 3 rings (SSSR count). The maximum Gasteiger partial charge on any atom is 0.254 e. The second-order valence-electron chi connectivity index (χ2n) is 5.15. The van der Waals surface area contributed by atoms with Crippen LogP contribution in [0.3, 0.4) is 0 Å². The first kappa shape index (κ1) is 12.0. The molecule has 0 unspecified atom stereocenters. The number of aromatic nitrogens is 2. The number of H-pyrrole nitrogens is 1. The molecule has 0 amide bonds. The summed E-state index contributed by atoms with van der Waals surface area (Å²) in [6.07, 6.45) is 2.70. The molecule has 4 heteroatoms. The van der Waals surface area contributed by atoms with Crippen LogP contribution in [0.4, 0.5) is 0 Å². The second-order valence-corrected chi connectivity index (χ2v) is 5.15. The number of nitrogens with one attached hydrogen (secondary N) is 1. The van der Waals surface area contributed by atoms with Crippen molar-refractivity contribution in [3.8, 4) is 17.1 Å².